The van der Waals surface area contributed by atoms with Crippen LogP contribution in [0.2, 0.25) is 5.02 Å². The molecule has 212 valence electrons. The Bertz CT molecular complexity index is 1720. The van der Waals surface area contributed by atoms with Crippen molar-refractivity contribution in [3.63, 3.8) is 0 Å². The molecule has 1 N–H and O–H groups in total. The SMILES string of the molecule is Cc1ccccc1C1=CC=CC(COc2cc(OCc3cccc(C#N)c3)c(C=O)cc2Cl)(c2nnc(CO)o2)C1C. The first-order valence-corrected chi connectivity index (χ1v) is 13.7. The number of aliphatic hydroxyl groups excluding tert-OH is 1. The van der Waals surface area contributed by atoms with Crippen LogP contribution in [0, 0.1) is 24.2 Å². The van der Waals surface area contributed by atoms with E-state index in [0.29, 0.717) is 23.5 Å². The van der Waals surface area contributed by atoms with Crippen molar-refractivity contribution in [2.45, 2.75) is 32.5 Å². The van der Waals surface area contributed by atoms with Crippen molar-refractivity contribution >= 4 is 23.5 Å². The summed E-state index contributed by atoms with van der Waals surface area (Å²) in [6.07, 6.45) is 6.63. The summed E-state index contributed by atoms with van der Waals surface area (Å²) in [5.41, 5.74) is 3.92. The number of hydrogen-bond acceptors (Lipinski definition) is 8. The highest BCUT2D eigenvalue weighted by Gasteiger charge is 2.45. The Morgan fingerprint density at radius 2 is 1.95 bits per heavy atom. The van der Waals surface area contributed by atoms with Gasteiger partial charge in [0.05, 0.1) is 22.2 Å². The first-order chi connectivity index (χ1) is 20.4. The van der Waals surface area contributed by atoms with Gasteiger partial charge in [0.15, 0.2) is 6.29 Å². The number of rotatable bonds is 10. The van der Waals surface area contributed by atoms with Crippen LogP contribution in [0.4, 0.5) is 0 Å². The predicted octanol–water partition coefficient (Wildman–Crippen LogP) is 6.39. The van der Waals surface area contributed by atoms with Crippen LogP contribution in [-0.4, -0.2) is 28.2 Å². The zero-order chi connectivity index (χ0) is 29.7. The molecule has 0 saturated carbocycles. The van der Waals surface area contributed by atoms with E-state index in [4.69, 9.17) is 25.5 Å². The molecule has 1 heterocycles. The van der Waals surface area contributed by atoms with Crippen LogP contribution in [-0.2, 0) is 18.6 Å². The number of carbonyl (C=O) groups excluding carboxylic acids is 1. The van der Waals surface area contributed by atoms with Crippen molar-refractivity contribution in [3.8, 4) is 17.6 Å². The van der Waals surface area contributed by atoms with E-state index >= 15 is 0 Å². The summed E-state index contributed by atoms with van der Waals surface area (Å²) >= 11 is 6.56. The summed E-state index contributed by atoms with van der Waals surface area (Å²) in [6, 6.07) is 20.3. The maximum atomic E-state index is 11.8. The number of aliphatic hydroxyl groups is 1. The second-order valence-electron chi connectivity index (χ2n) is 10.0. The maximum Gasteiger partial charge on any atom is 0.241 e. The van der Waals surface area contributed by atoms with Crippen LogP contribution in [0.15, 0.2) is 83.3 Å². The molecule has 0 amide bonds. The summed E-state index contributed by atoms with van der Waals surface area (Å²) in [5, 5.41) is 27.3. The first-order valence-electron chi connectivity index (χ1n) is 13.3. The highest BCUT2D eigenvalue weighted by Crippen LogP contribution is 2.45. The monoisotopic (exact) mass is 581 g/mol. The van der Waals surface area contributed by atoms with Gasteiger partial charge in [0, 0.05) is 12.0 Å². The number of nitrogens with zero attached hydrogens (tertiary/aromatic N) is 3. The van der Waals surface area contributed by atoms with Gasteiger partial charge >= 0.3 is 0 Å². The van der Waals surface area contributed by atoms with Gasteiger partial charge in [-0.05, 0) is 47.4 Å². The van der Waals surface area contributed by atoms with Gasteiger partial charge < -0.3 is 19.0 Å². The van der Waals surface area contributed by atoms with Gasteiger partial charge in [-0.15, -0.1) is 10.2 Å². The molecule has 0 radical (unpaired) electrons. The zero-order valence-corrected chi connectivity index (χ0v) is 23.8. The maximum absolute atomic E-state index is 11.8. The molecule has 2 atom stereocenters. The standard InChI is InChI=1S/C33H28ClN3O5/c1-21-7-3-4-10-26(21)27-11-6-12-33(22(27)2,32-37-36-31(18-39)42-32)20-41-30-15-29(25(17-38)14-28(30)34)40-19-24-9-5-8-23(13-24)16-35/h3-15,17,22,39H,18-20H2,1-2H3. The van der Waals surface area contributed by atoms with E-state index in [-0.39, 0.29) is 48.0 Å². The number of hydrogen-bond donors (Lipinski definition) is 1. The molecular weight excluding hydrogens is 554 g/mol. The molecule has 2 unspecified atom stereocenters. The second kappa shape index (κ2) is 12.4. The Kier molecular flexibility index (Phi) is 8.53. The topological polar surface area (TPSA) is 118 Å². The van der Waals surface area contributed by atoms with Crippen molar-refractivity contribution < 1.29 is 23.8 Å². The molecule has 8 nitrogen and oxygen atoms in total. The number of benzene rings is 3. The number of carbonyl (C=O) groups is 1. The molecule has 5 rings (SSSR count). The van der Waals surface area contributed by atoms with E-state index in [1.54, 1.807) is 24.3 Å². The van der Waals surface area contributed by atoms with Gasteiger partial charge in [-0.2, -0.15) is 5.26 Å². The third kappa shape index (κ3) is 5.70. The third-order valence-corrected chi connectivity index (χ3v) is 7.77. The number of nitriles is 1. The quantitative estimate of drug-likeness (QED) is 0.214. The van der Waals surface area contributed by atoms with E-state index < -0.39 is 5.41 Å². The molecule has 1 aliphatic carbocycles. The van der Waals surface area contributed by atoms with Crippen LogP contribution in [0.1, 0.15) is 51.3 Å². The van der Waals surface area contributed by atoms with E-state index in [9.17, 15) is 15.2 Å². The van der Waals surface area contributed by atoms with Crippen LogP contribution >= 0.6 is 11.6 Å². The Balaban J connectivity index is 1.47. The first kappa shape index (κ1) is 28.8. The Hall–Kier alpha value is -4.71. The molecule has 9 heteroatoms. The van der Waals surface area contributed by atoms with Gasteiger partial charge in [0.25, 0.3) is 0 Å². The lowest BCUT2D eigenvalue weighted by atomic mass is 9.68. The lowest BCUT2D eigenvalue weighted by molar-refractivity contribution is 0.111. The fraction of sp³-hybridized carbons (Fsp3) is 0.212. The number of aldehydes is 1. The molecule has 3 aromatic carbocycles. The number of ether oxygens (including phenoxy) is 2. The number of aryl methyl sites for hydroxylation is 1. The average Bonchev–Trinajstić information content (AvgIpc) is 3.51. The molecule has 0 spiro atoms. The molecule has 1 aliphatic rings. The summed E-state index contributed by atoms with van der Waals surface area (Å²) in [6.45, 7) is 3.93. The lowest BCUT2D eigenvalue weighted by Crippen LogP contribution is -2.40. The van der Waals surface area contributed by atoms with Gasteiger partial charge in [0.1, 0.15) is 36.7 Å². The van der Waals surface area contributed by atoms with E-state index in [2.05, 4.69) is 48.3 Å². The van der Waals surface area contributed by atoms with E-state index in [0.717, 1.165) is 22.3 Å². The van der Waals surface area contributed by atoms with E-state index in [1.165, 1.54) is 6.07 Å². The van der Waals surface area contributed by atoms with Crippen LogP contribution < -0.4 is 9.47 Å². The highest BCUT2D eigenvalue weighted by molar-refractivity contribution is 6.32. The Morgan fingerprint density at radius 1 is 1.12 bits per heavy atom. The molecule has 0 saturated heterocycles. The van der Waals surface area contributed by atoms with Crippen LogP contribution in [0.5, 0.6) is 11.5 Å². The van der Waals surface area contributed by atoms with E-state index in [1.807, 2.05) is 30.4 Å². The minimum Gasteiger partial charge on any atom is -0.490 e. The molecule has 4 aromatic rings. The summed E-state index contributed by atoms with van der Waals surface area (Å²) in [4.78, 5) is 11.8. The van der Waals surface area contributed by atoms with Gasteiger partial charge in [-0.3, -0.25) is 4.79 Å². The molecule has 1 aromatic heterocycles. The van der Waals surface area contributed by atoms with Crippen molar-refractivity contribution in [2.75, 3.05) is 6.61 Å². The normalized spacial score (nSPS) is 17.8. The molecular formula is C33H28ClN3O5. The highest BCUT2D eigenvalue weighted by atomic mass is 35.5. The Labute approximate surface area is 248 Å². The fourth-order valence-corrected chi connectivity index (χ4v) is 5.30. The third-order valence-electron chi connectivity index (χ3n) is 7.47. The molecule has 0 bridgehead atoms. The number of aromatic nitrogens is 2. The van der Waals surface area contributed by atoms with Crippen molar-refractivity contribution in [1.82, 2.24) is 10.2 Å². The van der Waals surface area contributed by atoms with Crippen molar-refractivity contribution in [3.05, 3.63) is 124 Å². The number of halogens is 1. The smallest absolute Gasteiger partial charge is 0.241 e. The number of allylic oxidation sites excluding steroid dienone is 3. The summed E-state index contributed by atoms with van der Waals surface area (Å²) < 4.78 is 18.2. The second-order valence-corrected chi connectivity index (χ2v) is 10.5. The molecule has 0 aliphatic heterocycles. The molecule has 0 fully saturated rings. The van der Waals surface area contributed by atoms with Crippen LogP contribution in [0.25, 0.3) is 5.57 Å². The van der Waals surface area contributed by atoms with Gasteiger partial charge in [-0.1, -0.05) is 73.2 Å². The largest absolute Gasteiger partial charge is 0.490 e. The predicted molar refractivity (Wildman–Crippen MR) is 157 cm³/mol. The van der Waals surface area contributed by atoms with Crippen LogP contribution in [0.3, 0.4) is 0 Å². The summed E-state index contributed by atoms with van der Waals surface area (Å²) in [7, 11) is 0. The zero-order valence-electron chi connectivity index (χ0n) is 23.1. The fourth-order valence-electron chi connectivity index (χ4n) is 5.07. The van der Waals surface area contributed by atoms with Gasteiger partial charge in [0.2, 0.25) is 11.8 Å². The minimum absolute atomic E-state index is 0.0603. The summed E-state index contributed by atoms with van der Waals surface area (Å²) in [5.74, 6) is 0.808. The lowest BCUT2D eigenvalue weighted by Gasteiger charge is -2.37. The Morgan fingerprint density at radius 3 is 2.69 bits per heavy atom. The van der Waals surface area contributed by atoms with Crippen molar-refractivity contribution in [2.24, 2.45) is 5.92 Å². The van der Waals surface area contributed by atoms with Gasteiger partial charge in [-0.25, -0.2) is 0 Å². The molecule has 42 heavy (non-hydrogen) atoms. The van der Waals surface area contributed by atoms with Crippen molar-refractivity contribution in [1.29, 1.82) is 5.26 Å². The average molecular weight is 582 g/mol. The minimum atomic E-state index is -0.905.